The second-order valence-electron chi connectivity index (χ2n) is 12.2. The largest absolute Gasteiger partial charge is 0.469 e. The van der Waals surface area contributed by atoms with Gasteiger partial charge in [0.25, 0.3) is 5.92 Å². The van der Waals surface area contributed by atoms with Crippen molar-refractivity contribution in [2.24, 2.45) is 46.3 Å². The highest BCUT2D eigenvalue weighted by molar-refractivity contribution is 5.69. The number of methoxy groups -OCH3 is 1. The van der Waals surface area contributed by atoms with Crippen LogP contribution in [0.3, 0.4) is 0 Å². The van der Waals surface area contributed by atoms with Crippen LogP contribution in [0.15, 0.2) is 0 Å². The Hall–Kier alpha value is -1.20. The molecule has 0 radical (unpaired) electrons. The van der Waals surface area contributed by atoms with Crippen molar-refractivity contribution in [3.63, 3.8) is 0 Å². The summed E-state index contributed by atoms with van der Waals surface area (Å²) in [6.45, 7) is 8.12. The Bertz CT molecular complexity index is 769. The maximum absolute atomic E-state index is 15.9. The molecule has 0 N–H and O–H groups in total. The fourth-order valence-corrected chi connectivity index (χ4v) is 9.08. The number of alkyl halides is 2. The summed E-state index contributed by atoms with van der Waals surface area (Å²) in [5.74, 6) is -3.03. The summed E-state index contributed by atoms with van der Waals surface area (Å²) >= 11 is 0. The lowest BCUT2D eigenvalue weighted by atomic mass is 9.43. The zero-order chi connectivity index (χ0) is 24.2. The number of ether oxygens (including phenoxy) is 2. The summed E-state index contributed by atoms with van der Waals surface area (Å²) < 4.78 is 42.1. The van der Waals surface area contributed by atoms with E-state index in [1.807, 2.05) is 0 Å². The van der Waals surface area contributed by atoms with Crippen molar-refractivity contribution < 1.29 is 27.8 Å². The molecule has 0 spiro atoms. The molecule has 0 aromatic heterocycles. The number of esters is 2. The van der Waals surface area contributed by atoms with E-state index in [2.05, 4.69) is 20.8 Å². The predicted octanol–water partition coefficient (Wildman–Crippen LogP) is 6.41. The van der Waals surface area contributed by atoms with Gasteiger partial charge in [-0.2, -0.15) is 0 Å². The normalized spacial score (nSPS) is 44.7. The molecule has 1 unspecified atom stereocenters. The van der Waals surface area contributed by atoms with Gasteiger partial charge in [-0.1, -0.05) is 20.8 Å². The van der Waals surface area contributed by atoms with Gasteiger partial charge in [0.1, 0.15) is 6.10 Å². The lowest BCUT2D eigenvalue weighted by Gasteiger charge is -2.63. The number of hydrogen-bond donors (Lipinski definition) is 0. The molecular formula is C27H42F2O4. The van der Waals surface area contributed by atoms with E-state index in [0.29, 0.717) is 24.7 Å². The highest BCUT2D eigenvalue weighted by Crippen LogP contribution is 2.71. The third kappa shape index (κ3) is 4.22. The summed E-state index contributed by atoms with van der Waals surface area (Å²) in [6, 6.07) is 0. The van der Waals surface area contributed by atoms with Crippen LogP contribution in [0, 0.1) is 46.3 Å². The number of halogens is 2. The van der Waals surface area contributed by atoms with E-state index in [1.54, 1.807) is 0 Å². The van der Waals surface area contributed by atoms with E-state index in [4.69, 9.17) is 9.47 Å². The van der Waals surface area contributed by atoms with E-state index in [-0.39, 0.29) is 53.0 Å². The van der Waals surface area contributed by atoms with Gasteiger partial charge in [-0.25, -0.2) is 8.78 Å². The van der Waals surface area contributed by atoms with E-state index in [9.17, 15) is 9.59 Å². The molecule has 4 rings (SSSR count). The third-order valence-corrected chi connectivity index (χ3v) is 10.7. The lowest BCUT2D eigenvalue weighted by molar-refractivity contribution is -0.239. The first kappa shape index (κ1) is 24.9. The molecule has 0 aromatic carbocycles. The summed E-state index contributed by atoms with van der Waals surface area (Å²) in [4.78, 5) is 23.1. The number of hydrogen-bond acceptors (Lipinski definition) is 4. The topological polar surface area (TPSA) is 52.6 Å². The lowest BCUT2D eigenvalue weighted by Crippen LogP contribution is -2.61. The molecule has 0 bridgehead atoms. The van der Waals surface area contributed by atoms with Gasteiger partial charge < -0.3 is 9.47 Å². The average Bonchev–Trinajstić information content (AvgIpc) is 3.09. The van der Waals surface area contributed by atoms with Gasteiger partial charge in [0, 0.05) is 25.7 Å². The molecule has 188 valence electrons. The number of fused-ring (bicyclic) bond motifs is 5. The van der Waals surface area contributed by atoms with Crippen molar-refractivity contribution in [1.29, 1.82) is 0 Å². The molecule has 4 saturated carbocycles. The molecule has 0 heterocycles. The Morgan fingerprint density at radius 2 is 1.70 bits per heavy atom. The van der Waals surface area contributed by atoms with Crippen LogP contribution >= 0.6 is 0 Å². The molecular weight excluding hydrogens is 426 g/mol. The minimum Gasteiger partial charge on any atom is -0.469 e. The van der Waals surface area contributed by atoms with E-state index < -0.39 is 11.8 Å². The second-order valence-corrected chi connectivity index (χ2v) is 12.2. The first-order valence-corrected chi connectivity index (χ1v) is 13.0. The highest BCUT2D eigenvalue weighted by atomic mass is 19.3. The Morgan fingerprint density at radius 1 is 1.03 bits per heavy atom. The Kier molecular flexibility index (Phi) is 6.63. The Balaban J connectivity index is 1.54. The van der Waals surface area contributed by atoms with Crippen molar-refractivity contribution in [1.82, 2.24) is 0 Å². The minimum absolute atomic E-state index is 0.0340. The summed E-state index contributed by atoms with van der Waals surface area (Å²) in [5, 5.41) is 0. The molecule has 33 heavy (non-hydrogen) atoms. The molecule has 0 aliphatic heterocycles. The van der Waals surface area contributed by atoms with Crippen LogP contribution in [-0.4, -0.2) is 31.1 Å². The summed E-state index contributed by atoms with van der Waals surface area (Å²) in [5.41, 5.74) is -0.183. The maximum Gasteiger partial charge on any atom is 0.305 e. The molecule has 4 aliphatic rings. The Morgan fingerprint density at radius 3 is 2.36 bits per heavy atom. The molecule has 0 aromatic rings. The van der Waals surface area contributed by atoms with Gasteiger partial charge in [-0.15, -0.1) is 0 Å². The quantitative estimate of drug-likeness (QED) is 0.438. The van der Waals surface area contributed by atoms with E-state index in [1.165, 1.54) is 14.0 Å². The molecule has 4 fully saturated rings. The van der Waals surface area contributed by atoms with Gasteiger partial charge in [0.2, 0.25) is 0 Å². The van der Waals surface area contributed by atoms with Crippen molar-refractivity contribution in [3.8, 4) is 0 Å². The van der Waals surface area contributed by atoms with Gasteiger partial charge in [0.15, 0.2) is 0 Å². The molecule has 9 atom stereocenters. The van der Waals surface area contributed by atoms with E-state index in [0.717, 1.165) is 44.9 Å². The third-order valence-electron chi connectivity index (χ3n) is 10.7. The molecule has 4 aliphatic carbocycles. The SMILES string of the molecule is COC(=O)CC[C@@H](C)C1CC[C@H]2[C@H]3[C@H](CC[C@]12C)[C@@]1(C)CC[C@@H](OC(C)=O)C[C@H]1CC3(F)F. The molecule has 4 nitrogen and oxygen atoms in total. The number of carbonyl (C=O) groups is 2. The van der Waals surface area contributed by atoms with Gasteiger partial charge in [-0.3, -0.25) is 9.59 Å². The van der Waals surface area contributed by atoms with Crippen molar-refractivity contribution in [2.75, 3.05) is 7.11 Å². The van der Waals surface area contributed by atoms with Crippen LogP contribution in [0.25, 0.3) is 0 Å². The first-order valence-electron chi connectivity index (χ1n) is 13.0. The zero-order valence-electron chi connectivity index (χ0n) is 21.0. The fourth-order valence-electron chi connectivity index (χ4n) is 9.08. The van der Waals surface area contributed by atoms with Gasteiger partial charge >= 0.3 is 11.9 Å². The van der Waals surface area contributed by atoms with Crippen LogP contribution in [0.1, 0.15) is 91.9 Å². The monoisotopic (exact) mass is 468 g/mol. The van der Waals surface area contributed by atoms with Crippen molar-refractivity contribution >= 4 is 11.9 Å². The molecule has 0 amide bonds. The van der Waals surface area contributed by atoms with Crippen LogP contribution in [0.2, 0.25) is 0 Å². The van der Waals surface area contributed by atoms with Crippen LogP contribution in [-0.2, 0) is 19.1 Å². The van der Waals surface area contributed by atoms with Crippen LogP contribution in [0.5, 0.6) is 0 Å². The second kappa shape index (κ2) is 8.78. The van der Waals surface area contributed by atoms with E-state index >= 15 is 8.78 Å². The molecule has 0 saturated heterocycles. The Labute approximate surface area is 197 Å². The predicted molar refractivity (Wildman–Crippen MR) is 122 cm³/mol. The number of carbonyl (C=O) groups excluding carboxylic acids is 2. The first-order chi connectivity index (χ1) is 15.4. The van der Waals surface area contributed by atoms with Gasteiger partial charge in [-0.05, 0) is 91.8 Å². The smallest absolute Gasteiger partial charge is 0.305 e. The van der Waals surface area contributed by atoms with Gasteiger partial charge in [0.05, 0.1) is 7.11 Å². The highest BCUT2D eigenvalue weighted by Gasteiger charge is 2.68. The summed E-state index contributed by atoms with van der Waals surface area (Å²) in [6.07, 6.45) is 6.83. The number of rotatable bonds is 5. The zero-order valence-corrected chi connectivity index (χ0v) is 21.0. The average molecular weight is 469 g/mol. The van der Waals surface area contributed by atoms with Crippen molar-refractivity contribution in [3.05, 3.63) is 0 Å². The van der Waals surface area contributed by atoms with Crippen LogP contribution < -0.4 is 0 Å². The maximum atomic E-state index is 15.9. The molecule has 6 heteroatoms. The standard InChI is InChI=1S/C27H42F2O4/c1-16(6-9-23(31)32-5)20-7-8-21-24-22(11-13-26(20,21)4)25(3)12-10-19(33-17(2)30)14-18(25)15-27(24,28)29/h16,18-22,24H,6-15H2,1-5H3/t16-,18+,19-,20?,21+,22+,24+,25+,26-/m1/s1. The summed E-state index contributed by atoms with van der Waals surface area (Å²) in [7, 11) is 1.42. The minimum atomic E-state index is -2.68. The van der Waals surface area contributed by atoms with Crippen LogP contribution in [0.4, 0.5) is 8.78 Å². The fraction of sp³-hybridized carbons (Fsp3) is 0.926. The van der Waals surface area contributed by atoms with Crippen molar-refractivity contribution in [2.45, 2.75) is 104 Å².